The molecule has 1 aromatic carbocycles. The fourth-order valence-electron chi connectivity index (χ4n) is 4.95. The SMILES string of the molecule is O=C(O)CC1CCC2(CC1)CCN(c1cc(OC3CCC3)ccc1Cl)CC2. The highest BCUT2D eigenvalue weighted by Gasteiger charge is 2.38. The van der Waals surface area contributed by atoms with Crippen LogP contribution in [0.2, 0.25) is 5.02 Å². The number of carboxylic acid groups (broad SMARTS) is 1. The molecule has 0 bridgehead atoms. The van der Waals surface area contributed by atoms with E-state index in [1.54, 1.807) is 0 Å². The Morgan fingerprint density at radius 2 is 1.85 bits per heavy atom. The lowest BCUT2D eigenvalue weighted by Crippen LogP contribution is -2.42. The first-order valence-corrected chi connectivity index (χ1v) is 10.8. The van der Waals surface area contributed by atoms with Crippen LogP contribution in [-0.2, 0) is 4.79 Å². The first kappa shape index (κ1) is 18.9. The summed E-state index contributed by atoms with van der Waals surface area (Å²) in [7, 11) is 0. The Morgan fingerprint density at radius 1 is 1.15 bits per heavy atom. The number of piperidine rings is 1. The average Bonchev–Trinajstić information content (AvgIpc) is 2.62. The number of hydrogen-bond acceptors (Lipinski definition) is 3. The van der Waals surface area contributed by atoms with E-state index >= 15 is 0 Å². The van der Waals surface area contributed by atoms with Gasteiger partial charge in [0.1, 0.15) is 5.75 Å². The van der Waals surface area contributed by atoms with Crippen molar-refractivity contribution in [2.75, 3.05) is 18.0 Å². The molecule has 1 aromatic rings. The summed E-state index contributed by atoms with van der Waals surface area (Å²) in [6, 6.07) is 6.06. The molecule has 27 heavy (non-hydrogen) atoms. The zero-order chi connectivity index (χ0) is 18.9. The fourth-order valence-corrected chi connectivity index (χ4v) is 5.19. The minimum absolute atomic E-state index is 0.339. The highest BCUT2D eigenvalue weighted by Crippen LogP contribution is 2.48. The molecule has 4 rings (SSSR count). The molecular weight excluding hydrogens is 362 g/mol. The van der Waals surface area contributed by atoms with Crippen LogP contribution in [0.1, 0.15) is 64.2 Å². The molecule has 1 N–H and O–H groups in total. The summed E-state index contributed by atoms with van der Waals surface area (Å²) in [6.07, 6.45) is 11.2. The van der Waals surface area contributed by atoms with Gasteiger partial charge in [0.25, 0.3) is 0 Å². The molecule has 0 aromatic heterocycles. The average molecular weight is 392 g/mol. The molecule has 5 heteroatoms. The van der Waals surface area contributed by atoms with Crippen molar-refractivity contribution in [3.05, 3.63) is 23.2 Å². The lowest BCUT2D eigenvalue weighted by Gasteiger charge is -2.46. The van der Waals surface area contributed by atoms with Crippen LogP contribution < -0.4 is 9.64 Å². The minimum Gasteiger partial charge on any atom is -0.490 e. The largest absolute Gasteiger partial charge is 0.490 e. The molecule has 0 amide bonds. The van der Waals surface area contributed by atoms with Crippen LogP contribution in [0.4, 0.5) is 5.69 Å². The predicted molar refractivity (Wildman–Crippen MR) is 108 cm³/mol. The Kier molecular flexibility index (Phi) is 5.54. The van der Waals surface area contributed by atoms with E-state index in [-0.39, 0.29) is 0 Å². The van der Waals surface area contributed by atoms with Gasteiger partial charge >= 0.3 is 5.97 Å². The zero-order valence-electron chi connectivity index (χ0n) is 16.0. The highest BCUT2D eigenvalue weighted by atomic mass is 35.5. The van der Waals surface area contributed by atoms with Crippen molar-refractivity contribution >= 4 is 23.3 Å². The van der Waals surface area contributed by atoms with Gasteiger partial charge < -0.3 is 14.7 Å². The third-order valence-electron chi connectivity index (χ3n) is 7.07. The third-order valence-corrected chi connectivity index (χ3v) is 7.39. The van der Waals surface area contributed by atoms with Crippen LogP contribution >= 0.6 is 11.6 Å². The van der Waals surface area contributed by atoms with Crippen LogP contribution in [-0.4, -0.2) is 30.3 Å². The van der Waals surface area contributed by atoms with Crippen molar-refractivity contribution in [1.29, 1.82) is 0 Å². The molecule has 1 saturated heterocycles. The van der Waals surface area contributed by atoms with E-state index in [9.17, 15) is 4.79 Å². The van der Waals surface area contributed by atoms with E-state index in [1.165, 1.54) is 32.1 Å². The summed E-state index contributed by atoms with van der Waals surface area (Å²) in [6.45, 7) is 2.05. The van der Waals surface area contributed by atoms with Crippen molar-refractivity contribution in [3.8, 4) is 5.75 Å². The van der Waals surface area contributed by atoms with Crippen molar-refractivity contribution in [1.82, 2.24) is 0 Å². The molecule has 3 fully saturated rings. The monoisotopic (exact) mass is 391 g/mol. The number of rotatable bonds is 5. The van der Waals surface area contributed by atoms with Crippen molar-refractivity contribution in [2.24, 2.45) is 11.3 Å². The molecule has 1 spiro atoms. The van der Waals surface area contributed by atoms with Crippen LogP contribution in [0.15, 0.2) is 18.2 Å². The molecule has 0 radical (unpaired) electrons. The lowest BCUT2D eigenvalue weighted by atomic mass is 9.65. The van der Waals surface area contributed by atoms with Gasteiger partial charge in [0.2, 0.25) is 0 Å². The van der Waals surface area contributed by atoms with E-state index in [0.717, 1.165) is 55.2 Å². The van der Waals surface area contributed by atoms with Crippen molar-refractivity contribution < 1.29 is 14.6 Å². The smallest absolute Gasteiger partial charge is 0.303 e. The molecule has 3 aliphatic rings. The van der Waals surface area contributed by atoms with Gasteiger partial charge in [0, 0.05) is 25.6 Å². The van der Waals surface area contributed by atoms with Gasteiger partial charge in [-0.25, -0.2) is 0 Å². The minimum atomic E-state index is -0.649. The molecule has 148 valence electrons. The summed E-state index contributed by atoms with van der Waals surface area (Å²) in [5, 5.41) is 9.82. The molecule has 0 atom stereocenters. The second-order valence-electron chi connectivity index (χ2n) is 8.81. The quantitative estimate of drug-likeness (QED) is 0.717. The first-order valence-electron chi connectivity index (χ1n) is 10.5. The highest BCUT2D eigenvalue weighted by molar-refractivity contribution is 6.33. The number of benzene rings is 1. The molecule has 1 heterocycles. The van der Waals surface area contributed by atoms with Gasteiger partial charge in [-0.1, -0.05) is 11.6 Å². The Morgan fingerprint density at radius 3 is 2.44 bits per heavy atom. The summed E-state index contributed by atoms with van der Waals surface area (Å²) < 4.78 is 6.06. The maximum absolute atomic E-state index is 11.0. The molecule has 0 unspecified atom stereocenters. The molecule has 4 nitrogen and oxygen atoms in total. The molecule has 2 saturated carbocycles. The van der Waals surface area contributed by atoms with Gasteiger partial charge in [0.15, 0.2) is 0 Å². The van der Waals surface area contributed by atoms with Gasteiger partial charge in [-0.05, 0) is 81.3 Å². The number of ether oxygens (including phenoxy) is 1. The molecule has 2 aliphatic carbocycles. The predicted octanol–water partition coefficient (Wildman–Crippen LogP) is 5.52. The van der Waals surface area contributed by atoms with Crippen LogP contribution in [0.25, 0.3) is 0 Å². The number of carboxylic acids is 1. The van der Waals surface area contributed by atoms with Gasteiger partial charge in [0.05, 0.1) is 16.8 Å². The van der Waals surface area contributed by atoms with E-state index in [0.29, 0.717) is 23.9 Å². The third kappa shape index (κ3) is 4.37. The maximum atomic E-state index is 11.0. The number of halogens is 1. The van der Waals surface area contributed by atoms with E-state index in [4.69, 9.17) is 21.4 Å². The maximum Gasteiger partial charge on any atom is 0.303 e. The van der Waals surface area contributed by atoms with Crippen molar-refractivity contribution in [3.63, 3.8) is 0 Å². The molecule has 1 aliphatic heterocycles. The number of nitrogens with zero attached hydrogens (tertiary/aromatic N) is 1. The van der Waals surface area contributed by atoms with Crippen molar-refractivity contribution in [2.45, 2.75) is 70.3 Å². The zero-order valence-corrected chi connectivity index (χ0v) is 16.7. The van der Waals surface area contributed by atoms with E-state index < -0.39 is 5.97 Å². The van der Waals surface area contributed by atoms with Gasteiger partial charge in [-0.15, -0.1) is 0 Å². The Bertz CT molecular complexity index is 670. The number of aliphatic carboxylic acids is 1. The number of carbonyl (C=O) groups is 1. The van der Waals surface area contributed by atoms with E-state index in [2.05, 4.69) is 11.0 Å². The van der Waals surface area contributed by atoms with Gasteiger partial charge in [-0.2, -0.15) is 0 Å². The summed E-state index contributed by atoms with van der Waals surface area (Å²) >= 11 is 6.51. The normalized spacial score (nSPS) is 23.2. The Labute approximate surface area is 166 Å². The first-order chi connectivity index (χ1) is 13.0. The van der Waals surface area contributed by atoms with Gasteiger partial charge in [-0.3, -0.25) is 4.79 Å². The molecular formula is C22H30ClNO3. The van der Waals surface area contributed by atoms with E-state index in [1.807, 2.05) is 12.1 Å². The second kappa shape index (κ2) is 7.90. The fraction of sp³-hybridized carbons (Fsp3) is 0.682. The second-order valence-corrected chi connectivity index (χ2v) is 9.22. The summed E-state index contributed by atoms with van der Waals surface area (Å²) in [5.74, 6) is 0.666. The van der Waals surface area contributed by atoms with Crippen LogP contribution in [0.5, 0.6) is 5.75 Å². The topological polar surface area (TPSA) is 49.8 Å². The summed E-state index contributed by atoms with van der Waals surface area (Å²) in [4.78, 5) is 13.4. The standard InChI is InChI=1S/C22H30ClNO3/c23-19-5-4-18(27-17-2-1-3-17)15-20(19)24-12-10-22(11-13-24)8-6-16(7-9-22)14-21(25)26/h4-5,15-17H,1-3,6-14H2,(H,25,26). The summed E-state index contributed by atoms with van der Waals surface area (Å²) in [5.41, 5.74) is 1.51. The Balaban J connectivity index is 1.35. The van der Waals surface area contributed by atoms with Crippen LogP contribution in [0.3, 0.4) is 0 Å². The van der Waals surface area contributed by atoms with Crippen LogP contribution in [0, 0.1) is 11.3 Å². The number of hydrogen-bond donors (Lipinski definition) is 1. The lowest BCUT2D eigenvalue weighted by molar-refractivity contribution is -0.138. The number of anilines is 1. The Hall–Kier alpha value is -1.42.